The number of thioether (sulfide) groups is 1. The lowest BCUT2D eigenvalue weighted by Crippen LogP contribution is -2.22. The summed E-state index contributed by atoms with van der Waals surface area (Å²) in [5, 5.41) is 9.56. The molecule has 0 radical (unpaired) electrons. The van der Waals surface area contributed by atoms with Gasteiger partial charge in [-0.15, -0.1) is 5.10 Å². The van der Waals surface area contributed by atoms with E-state index in [1.807, 2.05) is 24.3 Å². The minimum Gasteiger partial charge on any atom is -0.325 e. The number of hydrogen-bond donors (Lipinski definition) is 2. The Morgan fingerprint density at radius 2 is 1.96 bits per heavy atom. The summed E-state index contributed by atoms with van der Waals surface area (Å²) in [5.41, 5.74) is 1.05. The van der Waals surface area contributed by atoms with Crippen LogP contribution < -0.4 is 5.32 Å². The van der Waals surface area contributed by atoms with Crippen LogP contribution in [0.1, 0.15) is 6.92 Å². The van der Waals surface area contributed by atoms with Crippen molar-refractivity contribution in [2.45, 2.75) is 17.3 Å². The van der Waals surface area contributed by atoms with Gasteiger partial charge in [0.25, 0.3) is 0 Å². The quantitative estimate of drug-likeness (QED) is 0.596. The molecule has 8 heteroatoms. The van der Waals surface area contributed by atoms with Gasteiger partial charge in [-0.1, -0.05) is 39.8 Å². The molecule has 1 aromatic heterocycles. The molecule has 0 aliphatic carbocycles. The van der Waals surface area contributed by atoms with E-state index in [2.05, 4.69) is 36.4 Å². The Morgan fingerprint density at radius 1 is 1.24 bits per heavy atom. The monoisotopic (exact) mass is 420 g/mol. The van der Waals surface area contributed by atoms with Crippen LogP contribution in [0.25, 0.3) is 11.4 Å². The van der Waals surface area contributed by atoms with Crippen LogP contribution in [0.3, 0.4) is 0 Å². The third-order valence-corrected chi connectivity index (χ3v) is 4.85. The summed E-state index contributed by atoms with van der Waals surface area (Å²) in [6.45, 7) is 1.76. The zero-order valence-corrected chi connectivity index (χ0v) is 15.6. The van der Waals surface area contributed by atoms with Gasteiger partial charge in [-0.2, -0.15) is 0 Å². The average Bonchev–Trinajstić information content (AvgIpc) is 3.05. The normalized spacial score (nSPS) is 12.0. The minimum absolute atomic E-state index is 0.162. The van der Waals surface area contributed by atoms with Gasteiger partial charge in [-0.3, -0.25) is 9.89 Å². The lowest BCUT2D eigenvalue weighted by molar-refractivity contribution is -0.115. The summed E-state index contributed by atoms with van der Waals surface area (Å²) < 4.78 is 14.7. The Morgan fingerprint density at radius 3 is 2.68 bits per heavy atom. The molecule has 1 unspecified atom stereocenters. The molecule has 2 aromatic carbocycles. The number of carbonyl (C=O) groups excluding carboxylic acids is 1. The molecule has 0 spiro atoms. The number of halogens is 2. The maximum absolute atomic E-state index is 13.8. The summed E-state index contributed by atoms with van der Waals surface area (Å²) in [6.07, 6.45) is 0. The van der Waals surface area contributed by atoms with Crippen LogP contribution >= 0.6 is 27.7 Å². The second kappa shape index (κ2) is 7.79. The summed E-state index contributed by atoms with van der Waals surface area (Å²) >= 11 is 4.55. The third kappa shape index (κ3) is 4.46. The molecule has 3 aromatic rings. The van der Waals surface area contributed by atoms with E-state index in [0.29, 0.717) is 22.2 Å². The number of carbonyl (C=O) groups is 1. The van der Waals surface area contributed by atoms with Crippen LogP contribution in [0.5, 0.6) is 0 Å². The molecular formula is C17H14BrFN4OS. The van der Waals surface area contributed by atoms with Gasteiger partial charge in [-0.05, 0) is 43.3 Å². The fourth-order valence-electron chi connectivity index (χ4n) is 2.06. The number of nitrogens with zero attached hydrogens (tertiary/aromatic N) is 2. The van der Waals surface area contributed by atoms with Gasteiger partial charge in [0.15, 0.2) is 5.82 Å². The van der Waals surface area contributed by atoms with Gasteiger partial charge >= 0.3 is 0 Å². The summed E-state index contributed by atoms with van der Waals surface area (Å²) in [5.74, 6) is -0.207. The highest BCUT2D eigenvalue weighted by atomic mass is 79.9. The van der Waals surface area contributed by atoms with Crippen LogP contribution in [0.15, 0.2) is 58.2 Å². The number of nitrogens with one attached hydrogen (secondary N) is 2. The Hall–Kier alpha value is -2.19. The number of amides is 1. The first-order chi connectivity index (χ1) is 12.0. The zero-order chi connectivity index (χ0) is 17.8. The van der Waals surface area contributed by atoms with Crippen molar-refractivity contribution in [3.05, 3.63) is 58.8 Å². The van der Waals surface area contributed by atoms with Crippen molar-refractivity contribution >= 4 is 39.3 Å². The van der Waals surface area contributed by atoms with Crippen molar-refractivity contribution in [3.63, 3.8) is 0 Å². The summed E-state index contributed by atoms with van der Waals surface area (Å²) in [4.78, 5) is 16.5. The first kappa shape index (κ1) is 17.6. The molecule has 0 saturated heterocycles. The van der Waals surface area contributed by atoms with Crippen molar-refractivity contribution in [1.29, 1.82) is 0 Å². The first-order valence-electron chi connectivity index (χ1n) is 7.43. The summed E-state index contributed by atoms with van der Waals surface area (Å²) in [6, 6.07) is 13.6. The molecule has 1 atom stereocenters. The smallest absolute Gasteiger partial charge is 0.237 e. The van der Waals surface area contributed by atoms with Gasteiger partial charge in [0.05, 0.1) is 10.8 Å². The Labute approximate surface area is 156 Å². The molecular weight excluding hydrogens is 407 g/mol. The molecule has 0 saturated carbocycles. The van der Waals surface area contributed by atoms with E-state index < -0.39 is 5.25 Å². The van der Waals surface area contributed by atoms with Crippen molar-refractivity contribution in [2.75, 3.05) is 5.32 Å². The number of aromatic amines is 1. The lowest BCUT2D eigenvalue weighted by atomic mass is 10.2. The second-order valence-electron chi connectivity index (χ2n) is 5.20. The molecule has 1 heterocycles. The predicted octanol–water partition coefficient (Wildman–Crippen LogP) is 4.49. The molecule has 5 nitrogen and oxygen atoms in total. The predicted molar refractivity (Wildman–Crippen MR) is 99.9 cm³/mol. The Kier molecular flexibility index (Phi) is 5.50. The molecule has 128 valence electrons. The minimum atomic E-state index is -0.409. The molecule has 2 N–H and O–H groups in total. The highest BCUT2D eigenvalue weighted by Crippen LogP contribution is 2.25. The molecule has 0 fully saturated rings. The van der Waals surface area contributed by atoms with E-state index >= 15 is 0 Å². The molecule has 3 rings (SSSR count). The molecule has 0 bridgehead atoms. The Balaban J connectivity index is 1.65. The van der Waals surface area contributed by atoms with Crippen LogP contribution in [-0.4, -0.2) is 26.3 Å². The topological polar surface area (TPSA) is 70.7 Å². The lowest BCUT2D eigenvalue weighted by Gasteiger charge is -2.10. The van der Waals surface area contributed by atoms with E-state index in [0.717, 1.165) is 4.47 Å². The number of hydrogen-bond acceptors (Lipinski definition) is 4. The van der Waals surface area contributed by atoms with Crippen molar-refractivity contribution in [2.24, 2.45) is 0 Å². The maximum Gasteiger partial charge on any atom is 0.237 e. The number of rotatable bonds is 5. The summed E-state index contributed by atoms with van der Waals surface area (Å²) in [7, 11) is 0. The van der Waals surface area contributed by atoms with Gasteiger partial charge in [0.1, 0.15) is 5.82 Å². The van der Waals surface area contributed by atoms with Crippen LogP contribution in [0.2, 0.25) is 0 Å². The van der Waals surface area contributed by atoms with Crippen LogP contribution in [-0.2, 0) is 4.79 Å². The number of H-pyrrole nitrogens is 1. The van der Waals surface area contributed by atoms with Gasteiger partial charge < -0.3 is 5.32 Å². The van der Waals surface area contributed by atoms with Gasteiger partial charge in [0.2, 0.25) is 11.1 Å². The molecule has 25 heavy (non-hydrogen) atoms. The van der Waals surface area contributed by atoms with E-state index in [4.69, 9.17) is 0 Å². The standard InChI is InChI=1S/C17H14BrFN4OS/c1-10(16(24)20-12-8-6-11(18)7-9-12)25-17-21-15(22-23-17)13-4-2-3-5-14(13)19/h2-10H,1H3,(H,20,24)(H,21,22,23). The largest absolute Gasteiger partial charge is 0.325 e. The fourth-order valence-corrected chi connectivity index (χ4v) is 3.05. The zero-order valence-electron chi connectivity index (χ0n) is 13.2. The third-order valence-electron chi connectivity index (χ3n) is 3.36. The number of aromatic nitrogens is 3. The van der Waals surface area contributed by atoms with Crippen LogP contribution in [0.4, 0.5) is 10.1 Å². The first-order valence-corrected chi connectivity index (χ1v) is 9.10. The van der Waals surface area contributed by atoms with E-state index in [1.165, 1.54) is 17.8 Å². The van der Waals surface area contributed by atoms with Crippen LogP contribution in [0, 0.1) is 5.82 Å². The SMILES string of the molecule is CC(Sc1n[nH]c(-c2ccccc2F)n1)C(=O)Nc1ccc(Br)cc1. The Bertz CT molecular complexity index is 884. The highest BCUT2D eigenvalue weighted by Gasteiger charge is 2.18. The van der Waals surface area contributed by atoms with Crippen molar-refractivity contribution in [1.82, 2.24) is 15.2 Å². The average molecular weight is 421 g/mol. The number of benzene rings is 2. The molecule has 0 aliphatic heterocycles. The van der Waals surface area contributed by atoms with Gasteiger partial charge in [-0.25, -0.2) is 9.37 Å². The van der Waals surface area contributed by atoms with Crippen molar-refractivity contribution < 1.29 is 9.18 Å². The number of anilines is 1. The molecule has 1 amide bonds. The second-order valence-corrected chi connectivity index (χ2v) is 7.43. The van der Waals surface area contributed by atoms with E-state index in [9.17, 15) is 9.18 Å². The highest BCUT2D eigenvalue weighted by molar-refractivity contribution is 9.10. The van der Waals surface area contributed by atoms with E-state index in [-0.39, 0.29) is 11.7 Å². The molecule has 0 aliphatic rings. The maximum atomic E-state index is 13.8. The van der Waals surface area contributed by atoms with E-state index in [1.54, 1.807) is 25.1 Å². The van der Waals surface area contributed by atoms with Gasteiger partial charge in [0, 0.05) is 10.2 Å². The fraction of sp³-hybridized carbons (Fsp3) is 0.118. The van der Waals surface area contributed by atoms with Crippen molar-refractivity contribution in [3.8, 4) is 11.4 Å².